The van der Waals surface area contributed by atoms with Crippen molar-refractivity contribution in [2.75, 3.05) is 7.05 Å². The zero-order valence-corrected chi connectivity index (χ0v) is 11.8. The van der Waals surface area contributed by atoms with Crippen LogP contribution in [0.1, 0.15) is 29.5 Å². The van der Waals surface area contributed by atoms with Crippen LogP contribution >= 0.6 is 0 Å². The van der Waals surface area contributed by atoms with Crippen molar-refractivity contribution in [2.24, 2.45) is 0 Å². The molecule has 1 N–H and O–H groups in total. The first-order valence-corrected chi connectivity index (χ1v) is 6.64. The minimum Gasteiger partial charge on any atom is -0.355 e. The average molecular weight is 295 g/mol. The molecule has 0 bridgehead atoms. The lowest BCUT2D eigenvalue weighted by Gasteiger charge is -2.16. The van der Waals surface area contributed by atoms with Crippen molar-refractivity contribution in [3.63, 3.8) is 0 Å². The van der Waals surface area contributed by atoms with Gasteiger partial charge in [-0.15, -0.1) is 0 Å². The number of halogens is 3. The number of benzene rings is 1. The predicted octanol–water partition coefficient (Wildman–Crippen LogP) is 3.86. The summed E-state index contributed by atoms with van der Waals surface area (Å²) in [6.45, 7) is 1.44. The van der Waals surface area contributed by atoms with Gasteiger partial charge in [0.05, 0.1) is 5.56 Å². The van der Waals surface area contributed by atoms with E-state index in [1.165, 1.54) is 20.0 Å². The van der Waals surface area contributed by atoms with Crippen molar-refractivity contribution in [2.45, 2.75) is 25.9 Å². The van der Waals surface area contributed by atoms with E-state index in [1.54, 1.807) is 12.1 Å². The molecule has 1 amide bonds. The van der Waals surface area contributed by atoms with Gasteiger partial charge < -0.3 is 5.32 Å². The Morgan fingerprint density at radius 1 is 1.29 bits per heavy atom. The molecule has 0 fully saturated rings. The van der Waals surface area contributed by atoms with E-state index in [-0.39, 0.29) is 11.5 Å². The lowest BCUT2D eigenvalue weighted by atomic mass is 9.92. The summed E-state index contributed by atoms with van der Waals surface area (Å²) < 4.78 is 38.9. The van der Waals surface area contributed by atoms with Crippen LogP contribution in [0.25, 0.3) is 5.57 Å². The van der Waals surface area contributed by atoms with Crippen LogP contribution < -0.4 is 5.32 Å². The molecule has 0 spiro atoms. The maximum atomic E-state index is 13.0. The van der Waals surface area contributed by atoms with Gasteiger partial charge in [0.25, 0.3) is 0 Å². The third kappa shape index (κ3) is 3.35. The molecule has 1 aliphatic carbocycles. The van der Waals surface area contributed by atoms with Gasteiger partial charge in [-0.2, -0.15) is 13.2 Å². The van der Waals surface area contributed by atoms with Gasteiger partial charge in [-0.25, -0.2) is 0 Å². The van der Waals surface area contributed by atoms with Gasteiger partial charge in [0, 0.05) is 12.6 Å². The highest BCUT2D eigenvalue weighted by molar-refractivity contribution is 5.97. The number of alkyl halides is 3. The Labute approximate surface area is 121 Å². The summed E-state index contributed by atoms with van der Waals surface area (Å²) in [5, 5.41) is 2.54. The molecule has 0 unspecified atom stereocenters. The Morgan fingerprint density at radius 3 is 2.62 bits per heavy atom. The van der Waals surface area contributed by atoms with Gasteiger partial charge in [0.15, 0.2) is 0 Å². The average Bonchev–Trinajstić information content (AvgIpc) is 2.46. The highest BCUT2D eigenvalue weighted by Gasteiger charge is 2.32. The van der Waals surface area contributed by atoms with Crippen molar-refractivity contribution in [1.29, 1.82) is 0 Å². The number of hydrogen-bond donors (Lipinski definition) is 1. The van der Waals surface area contributed by atoms with Gasteiger partial charge in [0.2, 0.25) is 5.91 Å². The van der Waals surface area contributed by atoms with Gasteiger partial charge >= 0.3 is 6.18 Å². The number of allylic oxidation sites excluding steroid dienone is 3. The molecule has 21 heavy (non-hydrogen) atoms. The highest BCUT2D eigenvalue weighted by atomic mass is 19.4. The summed E-state index contributed by atoms with van der Waals surface area (Å²) in [5.41, 5.74) is 1.28. The van der Waals surface area contributed by atoms with E-state index >= 15 is 0 Å². The van der Waals surface area contributed by atoms with Crippen LogP contribution in [0.2, 0.25) is 0 Å². The molecular formula is C16H16F3NO. The molecule has 0 heterocycles. The second-order valence-corrected chi connectivity index (χ2v) is 4.97. The fourth-order valence-corrected chi connectivity index (χ4v) is 2.35. The van der Waals surface area contributed by atoms with E-state index in [2.05, 4.69) is 5.32 Å². The minimum absolute atomic E-state index is 0.191. The van der Waals surface area contributed by atoms with Crippen LogP contribution in [0, 0.1) is 6.92 Å². The Morgan fingerprint density at radius 2 is 2.00 bits per heavy atom. The molecule has 2 nitrogen and oxygen atoms in total. The van der Waals surface area contributed by atoms with Crippen LogP contribution in [0.15, 0.2) is 35.9 Å². The van der Waals surface area contributed by atoms with E-state index in [9.17, 15) is 18.0 Å². The Bertz CT molecular complexity index is 627. The number of carbonyl (C=O) groups is 1. The Hall–Kier alpha value is -2.04. The molecule has 0 saturated carbocycles. The van der Waals surface area contributed by atoms with Gasteiger partial charge in [-0.1, -0.05) is 18.2 Å². The van der Waals surface area contributed by atoms with Crippen molar-refractivity contribution in [3.8, 4) is 0 Å². The zero-order chi connectivity index (χ0) is 15.6. The second kappa shape index (κ2) is 5.76. The second-order valence-electron chi connectivity index (χ2n) is 4.97. The van der Waals surface area contributed by atoms with Crippen molar-refractivity contribution in [3.05, 3.63) is 52.6 Å². The van der Waals surface area contributed by atoms with Gasteiger partial charge in [-0.3, -0.25) is 4.79 Å². The molecule has 0 atom stereocenters. The maximum Gasteiger partial charge on any atom is 0.416 e. The summed E-state index contributed by atoms with van der Waals surface area (Å²) in [6.07, 6.45) is 0.387. The fourth-order valence-electron chi connectivity index (χ4n) is 2.35. The number of amides is 1. The molecule has 1 aliphatic rings. The first kappa shape index (κ1) is 15.4. The van der Waals surface area contributed by atoms with Crippen LogP contribution in [-0.2, 0) is 11.0 Å². The molecule has 0 aliphatic heterocycles. The molecule has 1 aromatic carbocycles. The molecule has 0 saturated heterocycles. The molecule has 0 radical (unpaired) electrons. The number of nitrogens with one attached hydrogen (secondary N) is 1. The highest BCUT2D eigenvalue weighted by Crippen LogP contribution is 2.35. The van der Waals surface area contributed by atoms with Crippen molar-refractivity contribution in [1.82, 2.24) is 5.32 Å². The Kier molecular flexibility index (Phi) is 4.21. The Balaban J connectivity index is 2.41. The SMILES string of the molecule is CNC(=O)C1=CC(c2ccc(C)c(C(F)(F)F)c2)=CCC1. The number of carbonyl (C=O) groups excluding carboxylic acids is 1. The maximum absolute atomic E-state index is 13.0. The normalized spacial score (nSPS) is 15.3. The van der Waals surface area contributed by atoms with E-state index < -0.39 is 11.7 Å². The summed E-state index contributed by atoms with van der Waals surface area (Å²) in [6, 6.07) is 4.26. The predicted molar refractivity (Wildman–Crippen MR) is 75.5 cm³/mol. The van der Waals surface area contributed by atoms with Gasteiger partial charge in [-0.05, 0) is 48.6 Å². The minimum atomic E-state index is -4.37. The van der Waals surface area contributed by atoms with Crippen LogP contribution in [0.4, 0.5) is 13.2 Å². The molecule has 2 rings (SSSR count). The summed E-state index contributed by atoms with van der Waals surface area (Å²) >= 11 is 0. The monoisotopic (exact) mass is 295 g/mol. The lowest BCUT2D eigenvalue weighted by Crippen LogP contribution is -2.20. The van der Waals surface area contributed by atoms with Crippen LogP contribution in [-0.4, -0.2) is 13.0 Å². The molecule has 1 aromatic rings. The molecule has 112 valence electrons. The third-order valence-electron chi connectivity index (χ3n) is 3.50. The first-order valence-electron chi connectivity index (χ1n) is 6.64. The molecule has 0 aromatic heterocycles. The third-order valence-corrected chi connectivity index (χ3v) is 3.50. The zero-order valence-electron chi connectivity index (χ0n) is 11.8. The fraction of sp³-hybridized carbons (Fsp3) is 0.312. The molecule has 5 heteroatoms. The lowest BCUT2D eigenvalue weighted by molar-refractivity contribution is -0.138. The smallest absolute Gasteiger partial charge is 0.355 e. The number of rotatable bonds is 2. The topological polar surface area (TPSA) is 29.1 Å². The van der Waals surface area contributed by atoms with Crippen LogP contribution in [0.3, 0.4) is 0 Å². The summed E-state index contributed by atoms with van der Waals surface area (Å²) in [7, 11) is 1.54. The number of aryl methyl sites for hydroxylation is 1. The quantitative estimate of drug-likeness (QED) is 0.882. The number of likely N-dealkylation sites (N-methyl/N-ethyl adjacent to an activating group) is 1. The molecular weight excluding hydrogens is 279 g/mol. The van der Waals surface area contributed by atoms with E-state index in [0.29, 0.717) is 29.6 Å². The summed E-state index contributed by atoms with van der Waals surface area (Å²) in [4.78, 5) is 11.6. The first-order chi connectivity index (χ1) is 9.82. The standard InChI is InChI=1S/C16H16F3NO/c1-10-6-7-12(9-14(10)16(17,18)19)11-4-3-5-13(8-11)15(21)20-2/h4,6-9H,3,5H2,1-2H3,(H,20,21). The van der Waals surface area contributed by atoms with E-state index in [1.807, 2.05) is 6.08 Å². The van der Waals surface area contributed by atoms with E-state index in [0.717, 1.165) is 6.07 Å². The largest absolute Gasteiger partial charge is 0.416 e. The van der Waals surface area contributed by atoms with E-state index in [4.69, 9.17) is 0 Å². The number of hydrogen-bond acceptors (Lipinski definition) is 1. The van der Waals surface area contributed by atoms with Crippen molar-refractivity contribution >= 4 is 11.5 Å². The van der Waals surface area contributed by atoms with Crippen molar-refractivity contribution < 1.29 is 18.0 Å². The van der Waals surface area contributed by atoms with Gasteiger partial charge in [0.1, 0.15) is 0 Å². The van der Waals surface area contributed by atoms with Crippen LogP contribution in [0.5, 0.6) is 0 Å². The summed E-state index contributed by atoms with van der Waals surface area (Å²) in [5.74, 6) is -0.191.